The maximum absolute atomic E-state index is 5.60. The third kappa shape index (κ3) is 3.76. The van der Waals surface area contributed by atoms with E-state index in [-0.39, 0.29) is 0 Å². The van der Waals surface area contributed by atoms with Gasteiger partial charge >= 0.3 is 0 Å². The maximum Gasteiger partial charge on any atom is 0.274 e. The van der Waals surface area contributed by atoms with Gasteiger partial charge in [-0.2, -0.15) is 0 Å². The monoisotopic (exact) mass is 343 g/mol. The van der Waals surface area contributed by atoms with Gasteiger partial charge in [-0.1, -0.05) is 12.1 Å². The van der Waals surface area contributed by atoms with Crippen molar-refractivity contribution in [3.63, 3.8) is 0 Å². The van der Waals surface area contributed by atoms with Crippen LogP contribution in [0.5, 0.6) is 5.75 Å². The molecule has 1 fully saturated rings. The maximum atomic E-state index is 5.60. The summed E-state index contributed by atoms with van der Waals surface area (Å²) in [6.45, 7) is 5.72. The third-order valence-corrected chi connectivity index (χ3v) is 4.56. The van der Waals surface area contributed by atoms with Crippen LogP contribution in [0.3, 0.4) is 0 Å². The molecule has 24 heavy (non-hydrogen) atoms. The van der Waals surface area contributed by atoms with Gasteiger partial charge in [0.2, 0.25) is 0 Å². The summed E-state index contributed by atoms with van der Waals surface area (Å²) in [7, 11) is 1.67. The molecular weight excluding hydrogens is 320 g/mol. The number of aromatic nitrogens is 1. The average Bonchev–Trinajstić information content (AvgIpc) is 2.63. The highest BCUT2D eigenvalue weighted by molar-refractivity contribution is 7.80. The third-order valence-electron chi connectivity index (χ3n) is 4.20. The number of thiocarbonyl (C=S) groups is 1. The van der Waals surface area contributed by atoms with Crippen molar-refractivity contribution in [1.29, 1.82) is 0 Å². The molecule has 0 aliphatic carbocycles. The lowest BCUT2D eigenvalue weighted by Gasteiger charge is -2.33. The number of pyridine rings is 1. The molecule has 126 valence electrons. The number of rotatable bonds is 3. The van der Waals surface area contributed by atoms with Crippen molar-refractivity contribution in [3.8, 4) is 5.75 Å². The van der Waals surface area contributed by atoms with Crippen molar-refractivity contribution < 1.29 is 9.72 Å². The zero-order valence-corrected chi connectivity index (χ0v) is 14.9. The highest BCUT2D eigenvalue weighted by Crippen LogP contribution is 2.25. The van der Waals surface area contributed by atoms with Crippen LogP contribution in [-0.2, 0) is 0 Å². The molecule has 2 N–H and O–H groups in total. The van der Waals surface area contributed by atoms with Gasteiger partial charge in [-0.15, -0.1) is 0 Å². The zero-order valence-electron chi connectivity index (χ0n) is 14.1. The van der Waals surface area contributed by atoms with E-state index in [1.54, 1.807) is 7.11 Å². The Morgan fingerprint density at radius 1 is 1.17 bits per heavy atom. The molecule has 0 saturated carbocycles. The van der Waals surface area contributed by atoms with Crippen LogP contribution in [0.4, 0.5) is 11.5 Å². The van der Waals surface area contributed by atoms with Gasteiger partial charge in [-0.3, -0.25) is 4.90 Å². The Hall–Kier alpha value is -2.34. The number of hydrogen-bond acceptors (Lipinski definition) is 3. The molecular formula is C18H23N4OS+. The average molecular weight is 343 g/mol. The smallest absolute Gasteiger partial charge is 0.274 e. The van der Waals surface area contributed by atoms with Gasteiger partial charge in [0.1, 0.15) is 18.8 Å². The van der Waals surface area contributed by atoms with E-state index >= 15 is 0 Å². The number of methoxy groups -OCH3 is 1. The second kappa shape index (κ2) is 7.49. The van der Waals surface area contributed by atoms with Crippen LogP contribution in [0, 0.1) is 6.92 Å². The van der Waals surface area contributed by atoms with E-state index in [0.717, 1.165) is 48.5 Å². The zero-order chi connectivity index (χ0) is 16.9. The normalized spacial score (nSPS) is 14.4. The quantitative estimate of drug-likeness (QED) is 0.867. The first-order valence-electron chi connectivity index (χ1n) is 8.09. The summed E-state index contributed by atoms with van der Waals surface area (Å²) in [5, 5.41) is 4.08. The Labute approximate surface area is 148 Å². The molecule has 0 radical (unpaired) electrons. The lowest BCUT2D eigenvalue weighted by molar-refractivity contribution is -0.364. The second-order valence-electron chi connectivity index (χ2n) is 5.86. The summed E-state index contributed by atoms with van der Waals surface area (Å²) >= 11 is 5.60. The van der Waals surface area contributed by atoms with E-state index in [0.29, 0.717) is 0 Å². The number of aromatic amines is 1. The summed E-state index contributed by atoms with van der Waals surface area (Å²) in [5.41, 5.74) is 2.09. The predicted octanol–water partition coefficient (Wildman–Crippen LogP) is 2.34. The lowest BCUT2D eigenvalue weighted by atomic mass is 10.2. The Morgan fingerprint density at radius 3 is 2.62 bits per heavy atom. The molecule has 0 unspecified atom stereocenters. The predicted molar refractivity (Wildman–Crippen MR) is 101 cm³/mol. The van der Waals surface area contributed by atoms with Gasteiger partial charge in [0.05, 0.1) is 32.1 Å². The number of nitrogens with one attached hydrogen (secondary N) is 2. The van der Waals surface area contributed by atoms with Crippen LogP contribution in [-0.4, -0.2) is 43.3 Å². The molecule has 0 bridgehead atoms. The van der Waals surface area contributed by atoms with Crippen molar-refractivity contribution in [2.75, 3.05) is 43.5 Å². The van der Waals surface area contributed by atoms with E-state index in [4.69, 9.17) is 17.0 Å². The van der Waals surface area contributed by atoms with Gasteiger partial charge in [0, 0.05) is 6.07 Å². The van der Waals surface area contributed by atoms with Crippen LogP contribution in [0.2, 0.25) is 0 Å². The first-order valence-corrected chi connectivity index (χ1v) is 8.50. The number of anilines is 2. The SMILES string of the molecule is COc1ccc(C)cc1NC(=S)N1CCN(c2cccc[nH+]2)CC1. The van der Waals surface area contributed by atoms with Crippen molar-refractivity contribution in [3.05, 3.63) is 48.2 Å². The molecule has 0 atom stereocenters. The van der Waals surface area contributed by atoms with Crippen molar-refractivity contribution in [2.24, 2.45) is 0 Å². The second-order valence-corrected chi connectivity index (χ2v) is 6.24. The highest BCUT2D eigenvalue weighted by Gasteiger charge is 2.24. The molecule has 2 heterocycles. The topological polar surface area (TPSA) is 41.9 Å². The molecule has 5 nitrogen and oxygen atoms in total. The molecule has 3 rings (SSSR count). The van der Waals surface area contributed by atoms with Gasteiger partial charge < -0.3 is 15.0 Å². The summed E-state index contributed by atoms with van der Waals surface area (Å²) in [5.74, 6) is 1.96. The van der Waals surface area contributed by atoms with E-state index in [2.05, 4.69) is 45.2 Å². The van der Waals surface area contributed by atoms with E-state index in [9.17, 15) is 0 Å². The molecule has 1 aliphatic heterocycles. The molecule has 1 aromatic heterocycles. The van der Waals surface area contributed by atoms with Gasteiger partial charge in [0.15, 0.2) is 5.11 Å². The number of ether oxygens (including phenoxy) is 1. The Morgan fingerprint density at radius 2 is 1.96 bits per heavy atom. The molecule has 0 amide bonds. The molecule has 0 spiro atoms. The summed E-state index contributed by atoms with van der Waals surface area (Å²) in [6, 6.07) is 12.2. The number of piperazine rings is 1. The van der Waals surface area contributed by atoms with Crippen molar-refractivity contribution >= 4 is 28.8 Å². The first-order chi connectivity index (χ1) is 11.7. The lowest BCUT2D eigenvalue weighted by Crippen LogP contribution is -2.51. The number of aryl methyl sites for hydroxylation is 1. The van der Waals surface area contributed by atoms with E-state index in [1.807, 2.05) is 24.4 Å². The van der Waals surface area contributed by atoms with Crippen LogP contribution in [0.1, 0.15) is 5.56 Å². The Balaban J connectivity index is 1.61. The molecule has 1 saturated heterocycles. The summed E-state index contributed by atoms with van der Waals surface area (Å²) in [4.78, 5) is 7.83. The number of nitrogens with zero attached hydrogens (tertiary/aromatic N) is 2. The molecule has 6 heteroatoms. The van der Waals surface area contributed by atoms with E-state index < -0.39 is 0 Å². The molecule has 2 aromatic rings. The fourth-order valence-corrected chi connectivity index (χ4v) is 3.14. The summed E-state index contributed by atoms with van der Waals surface area (Å²) < 4.78 is 5.41. The van der Waals surface area contributed by atoms with Crippen LogP contribution in [0.15, 0.2) is 42.6 Å². The van der Waals surface area contributed by atoms with E-state index in [1.165, 1.54) is 5.56 Å². The van der Waals surface area contributed by atoms with Crippen molar-refractivity contribution in [1.82, 2.24) is 4.90 Å². The molecule has 1 aliphatic rings. The van der Waals surface area contributed by atoms with Crippen molar-refractivity contribution in [2.45, 2.75) is 6.92 Å². The standard InChI is InChI=1S/C18H22N4OS/c1-14-6-7-16(23-2)15(13-14)20-18(24)22-11-9-21(10-12-22)17-5-3-4-8-19-17/h3-8,13H,9-12H2,1-2H3,(H,20,24)/p+1. The van der Waals surface area contributed by atoms with Gasteiger partial charge in [0.25, 0.3) is 5.82 Å². The number of hydrogen-bond donors (Lipinski definition) is 1. The summed E-state index contributed by atoms with van der Waals surface area (Å²) in [6.07, 6.45) is 1.96. The van der Waals surface area contributed by atoms with Crippen LogP contribution < -0.4 is 19.9 Å². The van der Waals surface area contributed by atoms with Gasteiger partial charge in [-0.05, 0) is 42.9 Å². The van der Waals surface area contributed by atoms with Crippen LogP contribution in [0.25, 0.3) is 0 Å². The minimum absolute atomic E-state index is 0.746. The Bertz CT molecular complexity index is 699. The number of benzene rings is 1. The number of H-pyrrole nitrogens is 1. The Kier molecular flexibility index (Phi) is 5.15. The fraction of sp³-hybridized carbons (Fsp3) is 0.333. The highest BCUT2D eigenvalue weighted by atomic mass is 32.1. The van der Waals surface area contributed by atoms with Crippen LogP contribution >= 0.6 is 12.2 Å². The molecule has 1 aromatic carbocycles. The fourth-order valence-electron chi connectivity index (χ4n) is 2.84. The first kappa shape index (κ1) is 16.5. The minimum atomic E-state index is 0.746. The van der Waals surface area contributed by atoms with Gasteiger partial charge in [-0.25, -0.2) is 4.98 Å². The largest absolute Gasteiger partial charge is 0.495 e. The minimum Gasteiger partial charge on any atom is -0.495 e.